The van der Waals surface area contributed by atoms with Gasteiger partial charge < -0.3 is 10.6 Å². The summed E-state index contributed by atoms with van der Waals surface area (Å²) in [4.78, 5) is 11.1. The van der Waals surface area contributed by atoms with Gasteiger partial charge in [0.2, 0.25) is 0 Å². The topological polar surface area (TPSA) is 55.0 Å². The number of rotatable bonds is 2. The lowest BCUT2D eigenvalue weighted by molar-refractivity contribution is 0.387. The quantitative estimate of drug-likeness (QED) is 0.821. The van der Waals surface area contributed by atoms with E-state index in [2.05, 4.69) is 28.7 Å². The second-order valence-electron chi connectivity index (χ2n) is 4.76. The normalized spacial score (nSPS) is 25.8. The first-order valence-electron chi connectivity index (χ1n) is 5.98. The van der Waals surface area contributed by atoms with Crippen molar-refractivity contribution in [2.24, 2.45) is 11.7 Å². The van der Waals surface area contributed by atoms with E-state index < -0.39 is 0 Å². The summed E-state index contributed by atoms with van der Waals surface area (Å²) in [5, 5.41) is 0. The van der Waals surface area contributed by atoms with Gasteiger partial charge in [-0.15, -0.1) is 0 Å². The average molecular weight is 220 g/mol. The van der Waals surface area contributed by atoms with Crippen LogP contribution in [0.3, 0.4) is 0 Å². The van der Waals surface area contributed by atoms with Crippen molar-refractivity contribution in [3.05, 3.63) is 18.1 Å². The summed E-state index contributed by atoms with van der Waals surface area (Å²) in [5.41, 5.74) is 6.45. The Bertz CT molecular complexity index is 353. The van der Waals surface area contributed by atoms with E-state index in [1.54, 1.807) is 6.20 Å². The van der Waals surface area contributed by atoms with Crippen molar-refractivity contribution in [1.82, 2.24) is 9.97 Å². The maximum absolute atomic E-state index is 5.59. The average Bonchev–Trinajstić information content (AvgIpc) is 2.32. The molecule has 16 heavy (non-hydrogen) atoms. The van der Waals surface area contributed by atoms with Gasteiger partial charge in [-0.05, 0) is 25.7 Å². The Hall–Kier alpha value is -1.16. The Kier molecular flexibility index (Phi) is 3.39. The van der Waals surface area contributed by atoms with E-state index in [-0.39, 0.29) is 0 Å². The lowest BCUT2D eigenvalue weighted by Crippen LogP contribution is -2.41. The first-order valence-corrected chi connectivity index (χ1v) is 5.98. The molecule has 0 amide bonds. The predicted octanol–water partition coefficient (Wildman–Crippen LogP) is 1.56. The molecule has 0 bridgehead atoms. The SMILES string of the molecule is CC1CCC(C)N(c2cncc(CN)n2)C1. The largest absolute Gasteiger partial charge is 0.352 e. The van der Waals surface area contributed by atoms with Crippen molar-refractivity contribution in [2.45, 2.75) is 39.3 Å². The van der Waals surface area contributed by atoms with Crippen molar-refractivity contribution < 1.29 is 0 Å². The van der Waals surface area contributed by atoms with Gasteiger partial charge in [-0.25, -0.2) is 4.98 Å². The highest BCUT2D eigenvalue weighted by Gasteiger charge is 2.24. The van der Waals surface area contributed by atoms with E-state index in [0.717, 1.165) is 24.0 Å². The third-order valence-corrected chi connectivity index (χ3v) is 3.29. The summed E-state index contributed by atoms with van der Waals surface area (Å²) < 4.78 is 0. The minimum Gasteiger partial charge on any atom is -0.352 e. The molecule has 2 heterocycles. The molecule has 2 rings (SSSR count). The van der Waals surface area contributed by atoms with Gasteiger partial charge in [0.05, 0.1) is 11.9 Å². The number of hydrogen-bond acceptors (Lipinski definition) is 4. The van der Waals surface area contributed by atoms with Crippen molar-refractivity contribution in [3.8, 4) is 0 Å². The second kappa shape index (κ2) is 4.78. The van der Waals surface area contributed by atoms with Crippen LogP contribution in [0.1, 0.15) is 32.4 Å². The van der Waals surface area contributed by atoms with Crippen molar-refractivity contribution >= 4 is 5.82 Å². The van der Waals surface area contributed by atoms with E-state index in [0.29, 0.717) is 12.6 Å². The van der Waals surface area contributed by atoms with E-state index in [1.807, 2.05) is 6.20 Å². The summed E-state index contributed by atoms with van der Waals surface area (Å²) >= 11 is 0. The van der Waals surface area contributed by atoms with Gasteiger partial charge in [0.25, 0.3) is 0 Å². The standard InChI is InChI=1S/C12H20N4/c1-9-3-4-10(2)16(8-9)12-7-14-6-11(5-13)15-12/h6-7,9-10H,3-5,8,13H2,1-2H3. The molecule has 1 aliphatic rings. The van der Waals surface area contributed by atoms with Crippen LogP contribution >= 0.6 is 0 Å². The zero-order chi connectivity index (χ0) is 11.5. The monoisotopic (exact) mass is 220 g/mol. The Labute approximate surface area is 96.9 Å². The van der Waals surface area contributed by atoms with Gasteiger partial charge in [-0.1, -0.05) is 6.92 Å². The number of anilines is 1. The third-order valence-electron chi connectivity index (χ3n) is 3.29. The molecule has 2 atom stereocenters. The summed E-state index contributed by atoms with van der Waals surface area (Å²) in [5.74, 6) is 1.71. The zero-order valence-corrected chi connectivity index (χ0v) is 10.1. The molecule has 0 saturated carbocycles. The fraction of sp³-hybridized carbons (Fsp3) is 0.667. The fourth-order valence-electron chi connectivity index (χ4n) is 2.24. The molecule has 1 saturated heterocycles. The van der Waals surface area contributed by atoms with Crippen LogP contribution in [-0.4, -0.2) is 22.6 Å². The van der Waals surface area contributed by atoms with Crippen LogP contribution in [0.4, 0.5) is 5.82 Å². The molecular formula is C12H20N4. The molecule has 1 aromatic rings. The molecule has 4 nitrogen and oxygen atoms in total. The lowest BCUT2D eigenvalue weighted by atomic mass is 9.95. The van der Waals surface area contributed by atoms with Gasteiger partial charge in [0, 0.05) is 25.3 Å². The molecule has 4 heteroatoms. The van der Waals surface area contributed by atoms with Gasteiger partial charge in [-0.3, -0.25) is 4.98 Å². The molecule has 1 aromatic heterocycles. The molecule has 1 aliphatic heterocycles. The molecular weight excluding hydrogens is 200 g/mol. The maximum atomic E-state index is 5.59. The third kappa shape index (κ3) is 2.32. The van der Waals surface area contributed by atoms with Crippen LogP contribution < -0.4 is 10.6 Å². The lowest BCUT2D eigenvalue weighted by Gasteiger charge is -2.37. The summed E-state index contributed by atoms with van der Waals surface area (Å²) in [6.45, 7) is 6.07. The van der Waals surface area contributed by atoms with Gasteiger partial charge >= 0.3 is 0 Å². The van der Waals surface area contributed by atoms with E-state index in [4.69, 9.17) is 5.73 Å². The Balaban J connectivity index is 2.20. The minimum atomic E-state index is 0.457. The highest BCUT2D eigenvalue weighted by molar-refractivity contribution is 5.38. The van der Waals surface area contributed by atoms with Crippen LogP contribution in [0.25, 0.3) is 0 Å². The highest BCUT2D eigenvalue weighted by Crippen LogP contribution is 2.25. The van der Waals surface area contributed by atoms with Crippen LogP contribution in [0.2, 0.25) is 0 Å². The molecule has 2 N–H and O–H groups in total. The number of nitrogens with two attached hydrogens (primary N) is 1. The van der Waals surface area contributed by atoms with Crippen LogP contribution in [-0.2, 0) is 6.54 Å². The predicted molar refractivity (Wildman–Crippen MR) is 65.1 cm³/mol. The number of aromatic nitrogens is 2. The smallest absolute Gasteiger partial charge is 0.147 e. The fourth-order valence-corrected chi connectivity index (χ4v) is 2.24. The summed E-state index contributed by atoms with van der Waals surface area (Å²) in [7, 11) is 0. The number of piperidine rings is 1. The maximum Gasteiger partial charge on any atom is 0.147 e. The van der Waals surface area contributed by atoms with Gasteiger partial charge in [0.1, 0.15) is 5.82 Å². The second-order valence-corrected chi connectivity index (χ2v) is 4.76. The number of nitrogens with zero attached hydrogens (tertiary/aromatic N) is 3. The summed E-state index contributed by atoms with van der Waals surface area (Å²) in [6.07, 6.45) is 6.12. The molecule has 0 aliphatic carbocycles. The summed E-state index contributed by atoms with van der Waals surface area (Å²) in [6, 6.07) is 0.554. The van der Waals surface area contributed by atoms with E-state index in [9.17, 15) is 0 Å². The first kappa shape index (κ1) is 11.3. The molecule has 2 unspecified atom stereocenters. The Morgan fingerprint density at radius 1 is 1.38 bits per heavy atom. The molecule has 0 radical (unpaired) electrons. The zero-order valence-electron chi connectivity index (χ0n) is 10.1. The van der Waals surface area contributed by atoms with E-state index in [1.165, 1.54) is 12.8 Å². The van der Waals surface area contributed by atoms with Crippen molar-refractivity contribution in [3.63, 3.8) is 0 Å². The Morgan fingerprint density at radius 2 is 2.19 bits per heavy atom. The van der Waals surface area contributed by atoms with Crippen LogP contribution in [0, 0.1) is 5.92 Å². The van der Waals surface area contributed by atoms with Crippen molar-refractivity contribution in [1.29, 1.82) is 0 Å². The molecule has 0 spiro atoms. The molecule has 1 fully saturated rings. The van der Waals surface area contributed by atoms with Crippen LogP contribution in [0.5, 0.6) is 0 Å². The van der Waals surface area contributed by atoms with Crippen molar-refractivity contribution in [2.75, 3.05) is 11.4 Å². The minimum absolute atomic E-state index is 0.457. The van der Waals surface area contributed by atoms with Gasteiger partial charge in [-0.2, -0.15) is 0 Å². The molecule has 88 valence electrons. The van der Waals surface area contributed by atoms with E-state index >= 15 is 0 Å². The highest BCUT2D eigenvalue weighted by atomic mass is 15.2. The van der Waals surface area contributed by atoms with Gasteiger partial charge in [0.15, 0.2) is 0 Å². The van der Waals surface area contributed by atoms with Crippen LogP contribution in [0.15, 0.2) is 12.4 Å². The first-order chi connectivity index (χ1) is 7.70. The number of hydrogen-bond donors (Lipinski definition) is 1. The Morgan fingerprint density at radius 3 is 2.94 bits per heavy atom. The molecule has 0 aromatic carbocycles.